The minimum absolute atomic E-state index is 0.581. The van der Waals surface area contributed by atoms with Gasteiger partial charge >= 0.3 is 0 Å². The Bertz CT molecular complexity index is 313. The van der Waals surface area contributed by atoms with Crippen LogP contribution in [0.15, 0.2) is 35.5 Å². The van der Waals surface area contributed by atoms with Crippen LogP contribution in [0.2, 0.25) is 0 Å². The Morgan fingerprint density at radius 1 is 1.35 bits per heavy atom. The fraction of sp³-hybridized carbons (Fsp3) is 0.647. The highest BCUT2D eigenvalue weighted by atomic mass is 14.3. The van der Waals surface area contributed by atoms with Gasteiger partial charge in [-0.15, -0.1) is 6.58 Å². The van der Waals surface area contributed by atoms with E-state index in [-0.39, 0.29) is 0 Å². The second-order valence-corrected chi connectivity index (χ2v) is 5.49. The summed E-state index contributed by atoms with van der Waals surface area (Å²) in [5.41, 5.74) is 4.66. The predicted octanol–water partition coefficient (Wildman–Crippen LogP) is 5.67. The normalized spacial score (nSPS) is 24.5. The van der Waals surface area contributed by atoms with Crippen LogP contribution in [0.4, 0.5) is 0 Å². The summed E-state index contributed by atoms with van der Waals surface area (Å²) in [5.74, 6) is 1.38. The zero-order valence-electron chi connectivity index (χ0n) is 12.1. The summed E-state index contributed by atoms with van der Waals surface area (Å²) in [6.07, 6.45) is 11.1. The highest BCUT2D eigenvalue weighted by Crippen LogP contribution is 2.39. The van der Waals surface area contributed by atoms with Gasteiger partial charge in [-0.25, -0.2) is 0 Å². The lowest BCUT2D eigenvalue weighted by Gasteiger charge is -2.31. The van der Waals surface area contributed by atoms with Crippen molar-refractivity contribution in [3.8, 4) is 0 Å². The Kier molecular flexibility index (Phi) is 5.74. The summed E-state index contributed by atoms with van der Waals surface area (Å²) >= 11 is 0. The van der Waals surface area contributed by atoms with Crippen LogP contribution in [0.5, 0.6) is 0 Å². The maximum Gasteiger partial charge on any atom is 0.00203 e. The molecule has 1 aliphatic rings. The Labute approximate surface area is 108 Å². The molecule has 0 saturated heterocycles. The minimum atomic E-state index is 0.581. The molecule has 0 heterocycles. The van der Waals surface area contributed by atoms with Crippen LogP contribution in [0.25, 0.3) is 0 Å². The molecule has 1 aliphatic carbocycles. The molecule has 0 spiro atoms. The van der Waals surface area contributed by atoms with E-state index in [1.54, 1.807) is 5.57 Å². The number of hydrogen-bond donors (Lipinski definition) is 0. The molecule has 0 amide bonds. The SMILES string of the molecule is C=C[C@@H]1C[C@H](CCC)C(CCC)=CC1=C(C)C. The van der Waals surface area contributed by atoms with E-state index in [9.17, 15) is 0 Å². The van der Waals surface area contributed by atoms with Crippen molar-refractivity contribution in [3.63, 3.8) is 0 Å². The third-order valence-corrected chi connectivity index (χ3v) is 3.84. The molecule has 0 radical (unpaired) electrons. The zero-order valence-corrected chi connectivity index (χ0v) is 12.1. The molecule has 0 aromatic heterocycles. The Balaban J connectivity index is 3.03. The second kappa shape index (κ2) is 6.83. The molecule has 0 aromatic rings. The monoisotopic (exact) mass is 232 g/mol. The standard InChI is InChI=1S/C17H28/c1-6-9-15-11-14(8-3)17(13(4)5)12-16(15)10-7-2/h8,12,14-15H,3,6-7,9-11H2,1-2,4-5H3/t14-,15+/m1/s1. The van der Waals surface area contributed by atoms with E-state index in [2.05, 4.69) is 46.4 Å². The summed E-state index contributed by atoms with van der Waals surface area (Å²) in [6.45, 7) is 13.1. The predicted molar refractivity (Wildman–Crippen MR) is 78.1 cm³/mol. The van der Waals surface area contributed by atoms with Crippen LogP contribution in [0.3, 0.4) is 0 Å². The van der Waals surface area contributed by atoms with Gasteiger partial charge in [0.2, 0.25) is 0 Å². The van der Waals surface area contributed by atoms with Gasteiger partial charge in [-0.2, -0.15) is 0 Å². The highest BCUT2D eigenvalue weighted by Gasteiger charge is 2.24. The van der Waals surface area contributed by atoms with Crippen molar-refractivity contribution in [2.24, 2.45) is 11.8 Å². The van der Waals surface area contributed by atoms with Gasteiger partial charge in [-0.05, 0) is 44.6 Å². The molecule has 0 nitrogen and oxygen atoms in total. The first kappa shape index (κ1) is 14.3. The molecular weight excluding hydrogens is 204 g/mol. The molecule has 0 fully saturated rings. The fourth-order valence-electron chi connectivity index (χ4n) is 2.96. The van der Waals surface area contributed by atoms with Gasteiger partial charge in [0.25, 0.3) is 0 Å². The molecule has 0 N–H and O–H groups in total. The Morgan fingerprint density at radius 2 is 2.06 bits per heavy atom. The van der Waals surface area contributed by atoms with Gasteiger partial charge < -0.3 is 0 Å². The lowest BCUT2D eigenvalue weighted by Crippen LogP contribution is -2.17. The zero-order chi connectivity index (χ0) is 12.8. The number of hydrogen-bond acceptors (Lipinski definition) is 0. The van der Waals surface area contributed by atoms with Crippen molar-refractivity contribution < 1.29 is 0 Å². The van der Waals surface area contributed by atoms with Crippen LogP contribution in [-0.2, 0) is 0 Å². The molecule has 17 heavy (non-hydrogen) atoms. The van der Waals surface area contributed by atoms with Gasteiger partial charge in [-0.3, -0.25) is 0 Å². The van der Waals surface area contributed by atoms with Crippen LogP contribution < -0.4 is 0 Å². The van der Waals surface area contributed by atoms with Crippen LogP contribution in [0, 0.1) is 11.8 Å². The molecule has 0 aliphatic heterocycles. The van der Waals surface area contributed by atoms with Crippen molar-refractivity contribution in [2.75, 3.05) is 0 Å². The first-order valence-corrected chi connectivity index (χ1v) is 7.14. The van der Waals surface area contributed by atoms with Crippen molar-refractivity contribution in [1.82, 2.24) is 0 Å². The Morgan fingerprint density at radius 3 is 2.53 bits per heavy atom. The molecule has 0 saturated carbocycles. The van der Waals surface area contributed by atoms with E-state index in [1.165, 1.54) is 43.3 Å². The summed E-state index contributed by atoms with van der Waals surface area (Å²) in [4.78, 5) is 0. The van der Waals surface area contributed by atoms with Crippen molar-refractivity contribution in [3.05, 3.63) is 35.5 Å². The highest BCUT2D eigenvalue weighted by molar-refractivity contribution is 5.36. The lowest BCUT2D eigenvalue weighted by atomic mass is 9.74. The van der Waals surface area contributed by atoms with E-state index in [1.807, 2.05) is 0 Å². The molecule has 1 rings (SSSR count). The first-order chi connectivity index (χ1) is 8.13. The van der Waals surface area contributed by atoms with E-state index >= 15 is 0 Å². The van der Waals surface area contributed by atoms with E-state index < -0.39 is 0 Å². The van der Waals surface area contributed by atoms with Gasteiger partial charge in [0.15, 0.2) is 0 Å². The van der Waals surface area contributed by atoms with E-state index in [0.29, 0.717) is 5.92 Å². The third-order valence-electron chi connectivity index (χ3n) is 3.84. The van der Waals surface area contributed by atoms with Gasteiger partial charge in [0, 0.05) is 5.92 Å². The molecule has 0 unspecified atom stereocenters. The first-order valence-electron chi connectivity index (χ1n) is 7.14. The largest absolute Gasteiger partial charge is 0.102 e. The molecule has 0 bridgehead atoms. The average Bonchev–Trinajstić information content (AvgIpc) is 2.31. The van der Waals surface area contributed by atoms with Crippen LogP contribution in [0.1, 0.15) is 59.8 Å². The topological polar surface area (TPSA) is 0 Å². The van der Waals surface area contributed by atoms with Crippen molar-refractivity contribution in [2.45, 2.75) is 59.8 Å². The summed E-state index contributed by atoms with van der Waals surface area (Å²) in [5, 5.41) is 0. The quantitative estimate of drug-likeness (QED) is 0.536. The summed E-state index contributed by atoms with van der Waals surface area (Å²) in [6, 6.07) is 0. The maximum atomic E-state index is 4.02. The van der Waals surface area contributed by atoms with E-state index in [0.717, 1.165) is 5.92 Å². The Hall–Kier alpha value is -0.780. The lowest BCUT2D eigenvalue weighted by molar-refractivity contribution is 0.438. The van der Waals surface area contributed by atoms with Gasteiger partial charge in [0.05, 0.1) is 0 Å². The maximum absolute atomic E-state index is 4.02. The minimum Gasteiger partial charge on any atom is -0.102 e. The average molecular weight is 232 g/mol. The fourth-order valence-corrected chi connectivity index (χ4v) is 2.96. The number of rotatable bonds is 5. The van der Waals surface area contributed by atoms with Gasteiger partial charge in [0.1, 0.15) is 0 Å². The molecule has 0 aromatic carbocycles. The van der Waals surface area contributed by atoms with Crippen LogP contribution in [-0.4, -0.2) is 0 Å². The third kappa shape index (κ3) is 3.59. The molecule has 2 atom stereocenters. The number of allylic oxidation sites excluding steroid dienone is 5. The van der Waals surface area contributed by atoms with Crippen LogP contribution >= 0.6 is 0 Å². The summed E-state index contributed by atoms with van der Waals surface area (Å²) in [7, 11) is 0. The smallest absolute Gasteiger partial charge is 0.00203 e. The van der Waals surface area contributed by atoms with Crippen molar-refractivity contribution >= 4 is 0 Å². The molecular formula is C17H28. The molecule has 96 valence electrons. The van der Waals surface area contributed by atoms with E-state index in [4.69, 9.17) is 0 Å². The summed E-state index contributed by atoms with van der Waals surface area (Å²) < 4.78 is 0. The second-order valence-electron chi connectivity index (χ2n) is 5.49. The van der Waals surface area contributed by atoms with Gasteiger partial charge in [-0.1, -0.05) is 50.0 Å². The molecule has 0 heteroatoms. The van der Waals surface area contributed by atoms with Crippen molar-refractivity contribution in [1.29, 1.82) is 0 Å².